The second-order valence-corrected chi connectivity index (χ2v) is 5.17. The Bertz CT molecular complexity index is 825. The van der Waals surface area contributed by atoms with E-state index in [0.717, 1.165) is 27.8 Å². The predicted molar refractivity (Wildman–Crippen MR) is 85.5 cm³/mol. The highest BCUT2D eigenvalue weighted by atomic mass is 16.1. The lowest BCUT2D eigenvalue weighted by molar-refractivity contribution is -0.118. The van der Waals surface area contributed by atoms with E-state index >= 15 is 0 Å². The normalized spacial score (nSPS) is 11.2. The van der Waals surface area contributed by atoms with Crippen molar-refractivity contribution in [2.75, 3.05) is 6.54 Å². The van der Waals surface area contributed by atoms with Crippen LogP contribution in [0.25, 0.3) is 11.1 Å². The minimum absolute atomic E-state index is 0.0531. The number of benzene rings is 2. The zero-order chi connectivity index (χ0) is 15.5. The van der Waals surface area contributed by atoms with Gasteiger partial charge in [-0.1, -0.05) is 42.2 Å². The average molecular weight is 289 g/mol. The van der Waals surface area contributed by atoms with Crippen molar-refractivity contribution in [2.24, 2.45) is 0 Å². The van der Waals surface area contributed by atoms with Crippen molar-refractivity contribution in [1.29, 1.82) is 0 Å². The smallest absolute Gasteiger partial charge is 0.216 e. The lowest BCUT2D eigenvalue weighted by Gasteiger charge is -1.99. The summed E-state index contributed by atoms with van der Waals surface area (Å²) in [5.74, 6) is 6.06. The van der Waals surface area contributed by atoms with Crippen molar-refractivity contribution in [3.63, 3.8) is 0 Å². The molecule has 0 saturated heterocycles. The van der Waals surface area contributed by atoms with Crippen molar-refractivity contribution >= 4 is 11.7 Å². The molecule has 3 heteroatoms. The van der Waals surface area contributed by atoms with E-state index in [1.165, 1.54) is 6.92 Å². The summed E-state index contributed by atoms with van der Waals surface area (Å²) in [5, 5.41) is 2.70. The van der Waals surface area contributed by atoms with Crippen LogP contribution in [-0.2, 0) is 4.79 Å². The molecule has 1 aliphatic rings. The first kappa shape index (κ1) is 14.1. The number of fused-ring (bicyclic) bond motifs is 3. The standard InChI is InChI=1S/C19H15NO2/c1-13(21)20-11-5-4-6-14-9-10-16-15-7-2-3-8-17(15)19(22)18(16)12-14/h2-3,7-10,12H,5,11H2,1H3,(H,20,21). The first-order chi connectivity index (χ1) is 10.7. The topological polar surface area (TPSA) is 46.2 Å². The number of amides is 1. The molecule has 0 aromatic heterocycles. The van der Waals surface area contributed by atoms with Gasteiger partial charge in [-0.15, -0.1) is 0 Å². The van der Waals surface area contributed by atoms with Crippen LogP contribution >= 0.6 is 0 Å². The van der Waals surface area contributed by atoms with E-state index in [2.05, 4.69) is 17.2 Å². The maximum Gasteiger partial charge on any atom is 0.216 e. The van der Waals surface area contributed by atoms with E-state index in [1.54, 1.807) is 0 Å². The second-order valence-electron chi connectivity index (χ2n) is 5.17. The third kappa shape index (κ3) is 2.64. The van der Waals surface area contributed by atoms with Gasteiger partial charge in [-0.05, 0) is 23.3 Å². The number of carbonyl (C=O) groups excluding carboxylic acids is 2. The first-order valence-electron chi connectivity index (χ1n) is 7.18. The molecule has 0 bridgehead atoms. The van der Waals surface area contributed by atoms with Crippen LogP contribution in [0, 0.1) is 11.8 Å². The maximum atomic E-state index is 12.4. The van der Waals surface area contributed by atoms with Gasteiger partial charge in [0.15, 0.2) is 5.78 Å². The fourth-order valence-corrected chi connectivity index (χ4v) is 2.57. The Labute approximate surface area is 129 Å². The minimum Gasteiger partial charge on any atom is -0.355 e. The number of hydrogen-bond acceptors (Lipinski definition) is 2. The van der Waals surface area contributed by atoms with Gasteiger partial charge in [-0.2, -0.15) is 0 Å². The molecule has 0 atom stereocenters. The molecule has 1 N–H and O–H groups in total. The molecule has 2 aromatic rings. The molecule has 0 heterocycles. The zero-order valence-corrected chi connectivity index (χ0v) is 12.3. The molecular formula is C19H15NO2. The average Bonchev–Trinajstić information content (AvgIpc) is 2.80. The van der Waals surface area contributed by atoms with Crippen molar-refractivity contribution in [2.45, 2.75) is 13.3 Å². The summed E-state index contributed by atoms with van der Waals surface area (Å²) in [6.07, 6.45) is 0.588. The highest BCUT2D eigenvalue weighted by Crippen LogP contribution is 2.36. The fraction of sp³-hybridized carbons (Fsp3) is 0.158. The van der Waals surface area contributed by atoms with Gasteiger partial charge in [-0.25, -0.2) is 0 Å². The summed E-state index contributed by atoms with van der Waals surface area (Å²) in [5.41, 5.74) is 4.27. The molecule has 0 fully saturated rings. The van der Waals surface area contributed by atoms with Gasteiger partial charge in [-0.3, -0.25) is 9.59 Å². The van der Waals surface area contributed by atoms with Crippen LogP contribution in [0.2, 0.25) is 0 Å². The maximum absolute atomic E-state index is 12.4. The SMILES string of the molecule is CC(=O)NCCC#Cc1ccc2c(c1)C(=O)c1ccccc1-2. The highest BCUT2D eigenvalue weighted by Gasteiger charge is 2.25. The van der Waals surface area contributed by atoms with Crippen LogP contribution in [0.4, 0.5) is 0 Å². The van der Waals surface area contributed by atoms with Gasteiger partial charge < -0.3 is 5.32 Å². The summed E-state index contributed by atoms with van der Waals surface area (Å²) < 4.78 is 0. The molecule has 0 radical (unpaired) electrons. The fourth-order valence-electron chi connectivity index (χ4n) is 2.57. The Morgan fingerprint density at radius 2 is 1.77 bits per heavy atom. The van der Waals surface area contributed by atoms with Crippen LogP contribution in [0.5, 0.6) is 0 Å². The Morgan fingerprint density at radius 1 is 1.05 bits per heavy atom. The quantitative estimate of drug-likeness (QED) is 0.582. The lowest BCUT2D eigenvalue weighted by atomic mass is 10.0. The van der Waals surface area contributed by atoms with Crippen molar-refractivity contribution in [3.8, 4) is 23.0 Å². The van der Waals surface area contributed by atoms with Gasteiger partial charge in [0.05, 0.1) is 0 Å². The van der Waals surface area contributed by atoms with Crippen molar-refractivity contribution in [3.05, 3.63) is 59.2 Å². The number of ketones is 1. The third-order valence-corrected chi connectivity index (χ3v) is 3.58. The first-order valence-corrected chi connectivity index (χ1v) is 7.18. The van der Waals surface area contributed by atoms with Gasteiger partial charge in [0.1, 0.15) is 0 Å². The van der Waals surface area contributed by atoms with Gasteiger partial charge in [0.2, 0.25) is 5.91 Å². The summed E-state index contributed by atoms with van der Waals surface area (Å²) in [4.78, 5) is 23.1. The Hall–Kier alpha value is -2.86. The molecule has 1 amide bonds. The molecule has 108 valence electrons. The number of nitrogens with one attached hydrogen (secondary N) is 1. The van der Waals surface area contributed by atoms with Gasteiger partial charge >= 0.3 is 0 Å². The molecule has 3 rings (SSSR count). The number of hydrogen-bond donors (Lipinski definition) is 1. The molecule has 0 spiro atoms. The molecular weight excluding hydrogens is 274 g/mol. The summed E-state index contributed by atoms with van der Waals surface area (Å²) in [6, 6.07) is 13.4. The van der Waals surface area contributed by atoms with Crippen molar-refractivity contribution in [1.82, 2.24) is 5.32 Å². The Morgan fingerprint density at radius 3 is 2.55 bits per heavy atom. The van der Waals surface area contributed by atoms with E-state index in [4.69, 9.17) is 0 Å². The Kier molecular flexibility index (Phi) is 3.76. The van der Waals surface area contributed by atoms with Crippen LogP contribution in [0.15, 0.2) is 42.5 Å². The lowest BCUT2D eigenvalue weighted by Crippen LogP contribution is -2.20. The largest absolute Gasteiger partial charge is 0.355 e. The number of carbonyl (C=O) groups is 2. The van der Waals surface area contributed by atoms with Gasteiger partial charge in [0, 0.05) is 36.6 Å². The van der Waals surface area contributed by atoms with E-state index in [9.17, 15) is 9.59 Å². The van der Waals surface area contributed by atoms with Gasteiger partial charge in [0.25, 0.3) is 0 Å². The van der Waals surface area contributed by atoms with E-state index in [1.807, 2.05) is 42.5 Å². The number of rotatable bonds is 2. The monoisotopic (exact) mass is 289 g/mol. The summed E-state index contributed by atoms with van der Waals surface area (Å²) in [6.45, 7) is 2.02. The van der Waals surface area contributed by atoms with E-state index in [-0.39, 0.29) is 11.7 Å². The molecule has 0 saturated carbocycles. The summed E-state index contributed by atoms with van der Waals surface area (Å²) >= 11 is 0. The summed E-state index contributed by atoms with van der Waals surface area (Å²) in [7, 11) is 0. The van der Waals surface area contributed by atoms with Crippen molar-refractivity contribution < 1.29 is 9.59 Å². The van der Waals surface area contributed by atoms with Crippen LogP contribution in [0.3, 0.4) is 0 Å². The van der Waals surface area contributed by atoms with Crippen LogP contribution < -0.4 is 5.32 Å². The molecule has 0 unspecified atom stereocenters. The van der Waals surface area contributed by atoms with Crippen LogP contribution in [-0.4, -0.2) is 18.2 Å². The molecule has 3 nitrogen and oxygen atoms in total. The highest BCUT2D eigenvalue weighted by molar-refractivity contribution is 6.21. The second kappa shape index (κ2) is 5.87. The molecule has 22 heavy (non-hydrogen) atoms. The van der Waals surface area contributed by atoms with E-state index < -0.39 is 0 Å². The zero-order valence-electron chi connectivity index (χ0n) is 12.3. The van der Waals surface area contributed by atoms with Crippen LogP contribution in [0.1, 0.15) is 34.8 Å². The molecule has 1 aliphatic carbocycles. The minimum atomic E-state index is -0.0531. The Balaban J connectivity index is 1.81. The van der Waals surface area contributed by atoms with E-state index in [0.29, 0.717) is 13.0 Å². The molecule has 0 aliphatic heterocycles. The molecule has 2 aromatic carbocycles. The third-order valence-electron chi connectivity index (χ3n) is 3.58. The predicted octanol–water partition coefficient (Wildman–Crippen LogP) is 2.78.